The van der Waals surface area contributed by atoms with Crippen molar-refractivity contribution in [3.8, 4) is 0 Å². The lowest BCUT2D eigenvalue weighted by molar-refractivity contribution is 0.0951. The van der Waals surface area contributed by atoms with Crippen LogP contribution in [0.25, 0.3) is 0 Å². The van der Waals surface area contributed by atoms with Crippen molar-refractivity contribution in [3.63, 3.8) is 0 Å². The van der Waals surface area contributed by atoms with Crippen LogP contribution < -0.4 is 11.1 Å². The molecule has 192 valence electrons. The number of nitrogens with two attached hydrogens (primary N) is 1. The molecule has 1 unspecified atom stereocenters. The van der Waals surface area contributed by atoms with E-state index in [2.05, 4.69) is 45.0 Å². The first-order chi connectivity index (χ1) is 18.0. The summed E-state index contributed by atoms with van der Waals surface area (Å²) in [7, 11) is 0. The van der Waals surface area contributed by atoms with Crippen LogP contribution in [0.1, 0.15) is 58.0 Å². The predicted octanol–water partition coefficient (Wildman–Crippen LogP) is 5.48. The summed E-state index contributed by atoms with van der Waals surface area (Å²) in [6, 6.07) is 12.7. The summed E-state index contributed by atoms with van der Waals surface area (Å²) in [4.78, 5) is 27.8. The zero-order chi connectivity index (χ0) is 26.2. The molecule has 0 fully saturated rings. The average molecular weight is 537 g/mol. The molecule has 0 aliphatic heterocycles. The van der Waals surface area contributed by atoms with E-state index >= 15 is 0 Å². The largest absolute Gasteiger partial charge is 0.390 e. The molecule has 3 aromatic rings. The van der Waals surface area contributed by atoms with Crippen LogP contribution in [0.5, 0.6) is 0 Å². The highest BCUT2D eigenvalue weighted by Gasteiger charge is 2.27. The Balaban J connectivity index is 1.45. The van der Waals surface area contributed by atoms with Crippen molar-refractivity contribution < 1.29 is 4.79 Å². The number of halogens is 2. The van der Waals surface area contributed by atoms with Crippen molar-refractivity contribution in [2.75, 3.05) is 6.54 Å². The lowest BCUT2D eigenvalue weighted by Gasteiger charge is -2.35. The normalized spacial score (nSPS) is 15.1. The molecule has 37 heavy (non-hydrogen) atoms. The number of carbonyl (C=O) groups excluding carboxylic acids is 1. The van der Waals surface area contributed by atoms with Crippen molar-refractivity contribution >= 4 is 35.4 Å². The van der Waals surface area contributed by atoms with E-state index in [1.54, 1.807) is 0 Å². The molecule has 2 aromatic heterocycles. The second-order valence-electron chi connectivity index (χ2n) is 9.00. The number of fused-ring (bicyclic) bond motifs is 1. The molecule has 7 nitrogen and oxygen atoms in total. The summed E-state index contributed by atoms with van der Waals surface area (Å²) in [5, 5.41) is 3.32. The lowest BCUT2D eigenvalue weighted by Crippen LogP contribution is -2.32. The predicted molar refractivity (Wildman–Crippen MR) is 149 cm³/mol. The van der Waals surface area contributed by atoms with Crippen LogP contribution in [0, 0.1) is 0 Å². The van der Waals surface area contributed by atoms with Crippen molar-refractivity contribution in [2.24, 2.45) is 10.7 Å². The van der Waals surface area contributed by atoms with Crippen LogP contribution in [0.2, 0.25) is 10.0 Å². The van der Waals surface area contributed by atoms with Gasteiger partial charge in [0.1, 0.15) is 0 Å². The fraction of sp³-hybridized carbons (Fsp3) is 0.286. The number of rotatable bonds is 10. The number of carbonyl (C=O) groups is 1. The fourth-order valence-electron chi connectivity index (χ4n) is 4.62. The lowest BCUT2D eigenvalue weighted by atomic mass is 9.90. The van der Waals surface area contributed by atoms with Gasteiger partial charge in [-0.15, -0.1) is 0 Å². The molecule has 1 atom stereocenters. The second kappa shape index (κ2) is 12.8. The van der Waals surface area contributed by atoms with Gasteiger partial charge in [-0.2, -0.15) is 0 Å². The molecular formula is C28H30Cl2N6O. The summed E-state index contributed by atoms with van der Waals surface area (Å²) in [5.41, 5.74) is 11.1. The summed E-state index contributed by atoms with van der Waals surface area (Å²) < 4.78 is 0. The van der Waals surface area contributed by atoms with E-state index in [9.17, 15) is 4.79 Å². The third kappa shape index (κ3) is 6.95. The zero-order valence-corrected chi connectivity index (χ0v) is 22.0. The van der Waals surface area contributed by atoms with Crippen LogP contribution in [0.4, 0.5) is 0 Å². The van der Waals surface area contributed by atoms with Gasteiger partial charge in [0.25, 0.3) is 5.91 Å². The van der Waals surface area contributed by atoms with Gasteiger partial charge in [-0.1, -0.05) is 60.1 Å². The van der Waals surface area contributed by atoms with Gasteiger partial charge < -0.3 is 11.1 Å². The number of amides is 1. The Morgan fingerprint density at radius 1 is 1.19 bits per heavy atom. The molecule has 1 amide bonds. The molecule has 3 N–H and O–H groups in total. The summed E-state index contributed by atoms with van der Waals surface area (Å²) in [6.45, 7) is 5.93. The number of aromatic nitrogens is 2. The molecule has 2 heterocycles. The first kappa shape index (κ1) is 26.8. The number of hydrogen-bond donors (Lipinski definition) is 2. The fourth-order valence-corrected chi connectivity index (χ4v) is 5.16. The third-order valence-corrected chi connectivity index (χ3v) is 7.07. The van der Waals surface area contributed by atoms with Gasteiger partial charge in [0.05, 0.1) is 33.7 Å². The summed E-state index contributed by atoms with van der Waals surface area (Å²) >= 11 is 12.2. The van der Waals surface area contributed by atoms with E-state index in [0.717, 1.165) is 55.7 Å². The molecular weight excluding hydrogens is 507 g/mol. The number of hydrogen-bond acceptors (Lipinski definition) is 5. The molecule has 9 heteroatoms. The Morgan fingerprint density at radius 3 is 2.65 bits per heavy atom. The highest BCUT2D eigenvalue weighted by Crippen LogP contribution is 2.34. The van der Waals surface area contributed by atoms with Crippen LogP contribution in [0.15, 0.2) is 72.3 Å². The third-order valence-electron chi connectivity index (χ3n) is 6.49. The minimum atomic E-state index is -0.337. The van der Waals surface area contributed by atoms with E-state index < -0.39 is 0 Å². The van der Waals surface area contributed by atoms with Gasteiger partial charge in [0.2, 0.25) is 0 Å². The highest BCUT2D eigenvalue weighted by molar-refractivity contribution is 6.39. The Labute approximate surface area is 227 Å². The first-order valence-corrected chi connectivity index (χ1v) is 13.0. The van der Waals surface area contributed by atoms with Crippen LogP contribution in [-0.2, 0) is 19.5 Å². The van der Waals surface area contributed by atoms with Gasteiger partial charge in [-0.25, -0.2) is 4.99 Å². The Morgan fingerprint density at radius 2 is 1.92 bits per heavy atom. The molecule has 0 saturated carbocycles. The standard InChI is InChI=1S/C28H30Cl2N6O/c1-19(35-18-31)11-13-36(25-6-2-4-22-5-3-12-33-27(22)25)17-21-9-7-20(8-10-21)14-34-28(37)26-23(29)15-32-16-24(26)30/h3,5,7-10,12,15-16,18,25H,1-2,4,6,11,13-14,17H2,(H2,31,35)(H,34,37). The minimum absolute atomic E-state index is 0.221. The first-order valence-electron chi connectivity index (χ1n) is 12.2. The highest BCUT2D eigenvalue weighted by atomic mass is 35.5. The smallest absolute Gasteiger partial charge is 0.254 e. The Kier molecular flexibility index (Phi) is 9.28. The van der Waals surface area contributed by atoms with Crippen LogP contribution in [0.3, 0.4) is 0 Å². The van der Waals surface area contributed by atoms with Crippen molar-refractivity contribution in [3.05, 3.63) is 105 Å². The number of benzene rings is 1. The number of nitrogens with zero attached hydrogens (tertiary/aromatic N) is 4. The summed E-state index contributed by atoms with van der Waals surface area (Å²) in [6.07, 6.45) is 9.94. The Hall–Kier alpha value is -3.26. The van der Waals surface area contributed by atoms with Crippen LogP contribution in [-0.4, -0.2) is 33.7 Å². The maximum atomic E-state index is 12.6. The van der Waals surface area contributed by atoms with Crippen molar-refractivity contribution in [1.82, 2.24) is 20.2 Å². The maximum Gasteiger partial charge on any atom is 0.254 e. The van der Waals surface area contributed by atoms with E-state index in [-0.39, 0.29) is 27.6 Å². The molecule has 4 rings (SSSR count). The summed E-state index contributed by atoms with van der Waals surface area (Å²) in [5.74, 6) is -0.337. The maximum absolute atomic E-state index is 12.6. The van der Waals surface area contributed by atoms with E-state index in [4.69, 9.17) is 33.9 Å². The minimum Gasteiger partial charge on any atom is -0.390 e. The number of aryl methyl sites for hydroxylation is 1. The number of nitrogens with one attached hydrogen (secondary N) is 1. The van der Waals surface area contributed by atoms with E-state index in [0.29, 0.717) is 6.54 Å². The van der Waals surface area contributed by atoms with Gasteiger partial charge in [0, 0.05) is 50.3 Å². The van der Waals surface area contributed by atoms with Crippen molar-refractivity contribution in [1.29, 1.82) is 0 Å². The molecule has 1 aliphatic carbocycles. The van der Waals surface area contributed by atoms with Gasteiger partial charge in [-0.05, 0) is 42.0 Å². The molecule has 1 aliphatic rings. The van der Waals surface area contributed by atoms with E-state index in [1.165, 1.54) is 29.9 Å². The molecule has 1 aromatic carbocycles. The monoisotopic (exact) mass is 536 g/mol. The second-order valence-corrected chi connectivity index (χ2v) is 9.81. The average Bonchev–Trinajstić information content (AvgIpc) is 2.90. The molecule has 0 radical (unpaired) electrons. The topological polar surface area (TPSA) is 96.5 Å². The molecule has 0 bridgehead atoms. The van der Waals surface area contributed by atoms with Crippen LogP contribution >= 0.6 is 23.2 Å². The quantitative estimate of drug-likeness (QED) is 0.264. The van der Waals surface area contributed by atoms with Gasteiger partial charge in [0.15, 0.2) is 0 Å². The number of pyridine rings is 2. The molecule has 0 saturated heterocycles. The van der Waals surface area contributed by atoms with Crippen molar-refractivity contribution in [2.45, 2.75) is 44.8 Å². The Bertz CT molecular complexity index is 1260. The van der Waals surface area contributed by atoms with Gasteiger partial charge >= 0.3 is 0 Å². The zero-order valence-electron chi connectivity index (χ0n) is 20.5. The SMILES string of the molecule is C=C(CCN(Cc1ccc(CNC(=O)c2c(Cl)cncc2Cl)cc1)C1CCCc2cccnc21)N=CN. The number of aliphatic imine (C=N–C) groups is 1. The molecule has 0 spiro atoms. The van der Waals surface area contributed by atoms with E-state index in [1.807, 2.05) is 24.4 Å². The van der Waals surface area contributed by atoms with Gasteiger partial charge in [-0.3, -0.25) is 19.7 Å².